The fourth-order valence-corrected chi connectivity index (χ4v) is 4.95. The summed E-state index contributed by atoms with van der Waals surface area (Å²) in [4.78, 5) is 16.7. The summed E-state index contributed by atoms with van der Waals surface area (Å²) in [7, 11) is -3.78. The van der Waals surface area contributed by atoms with Gasteiger partial charge in [-0.2, -0.15) is 4.98 Å². The Morgan fingerprint density at radius 3 is 2.48 bits per heavy atom. The van der Waals surface area contributed by atoms with Gasteiger partial charge in [0.05, 0.1) is 4.88 Å². The number of rotatable bonds is 6. The Hall–Kier alpha value is -2.72. The van der Waals surface area contributed by atoms with Crippen molar-refractivity contribution in [2.45, 2.75) is 32.1 Å². The van der Waals surface area contributed by atoms with Crippen LogP contribution < -0.4 is 10.0 Å². The van der Waals surface area contributed by atoms with Crippen LogP contribution >= 0.6 is 11.3 Å². The van der Waals surface area contributed by atoms with E-state index < -0.39 is 10.0 Å². The quantitative estimate of drug-likeness (QED) is 0.648. The van der Waals surface area contributed by atoms with E-state index in [2.05, 4.69) is 20.2 Å². The molecule has 0 unspecified atom stereocenters. The molecule has 2 N–H and O–H groups in total. The van der Waals surface area contributed by atoms with Crippen molar-refractivity contribution in [2.75, 3.05) is 10.0 Å². The molecule has 3 aromatic rings. The SMILES string of the molecule is CCc1nc(-c2cc(S(=O)(=O)Nc3ccc(NC(C)=O)cc3)c(C)s2)no1. The first-order valence-electron chi connectivity index (χ1n) is 8.12. The van der Waals surface area contributed by atoms with E-state index in [1.807, 2.05) is 6.92 Å². The molecule has 0 saturated carbocycles. The largest absolute Gasteiger partial charge is 0.339 e. The van der Waals surface area contributed by atoms with Crippen molar-refractivity contribution < 1.29 is 17.7 Å². The van der Waals surface area contributed by atoms with Crippen molar-refractivity contribution in [3.63, 3.8) is 0 Å². The molecule has 8 nitrogen and oxygen atoms in total. The van der Waals surface area contributed by atoms with Crippen LogP contribution in [0.3, 0.4) is 0 Å². The maximum atomic E-state index is 12.8. The summed E-state index contributed by atoms with van der Waals surface area (Å²) in [5.74, 6) is 0.677. The zero-order valence-electron chi connectivity index (χ0n) is 14.9. The van der Waals surface area contributed by atoms with Crippen LogP contribution in [0.4, 0.5) is 11.4 Å². The molecule has 0 atom stereocenters. The number of sulfonamides is 1. The predicted molar refractivity (Wildman–Crippen MR) is 103 cm³/mol. The number of hydrogen-bond acceptors (Lipinski definition) is 7. The van der Waals surface area contributed by atoms with E-state index in [0.29, 0.717) is 39.3 Å². The monoisotopic (exact) mass is 406 g/mol. The summed E-state index contributed by atoms with van der Waals surface area (Å²) >= 11 is 1.29. The zero-order valence-corrected chi connectivity index (χ0v) is 16.6. The normalized spacial score (nSPS) is 11.4. The van der Waals surface area contributed by atoms with E-state index in [0.717, 1.165) is 0 Å². The van der Waals surface area contributed by atoms with Gasteiger partial charge >= 0.3 is 0 Å². The second-order valence-corrected chi connectivity index (χ2v) is 8.67. The molecule has 0 aliphatic rings. The lowest BCUT2D eigenvalue weighted by Crippen LogP contribution is -2.13. The van der Waals surface area contributed by atoms with Gasteiger partial charge in [0, 0.05) is 29.6 Å². The van der Waals surface area contributed by atoms with E-state index >= 15 is 0 Å². The smallest absolute Gasteiger partial charge is 0.263 e. The average Bonchev–Trinajstić information content (AvgIpc) is 3.22. The van der Waals surface area contributed by atoms with Crippen molar-refractivity contribution in [3.05, 3.63) is 41.1 Å². The maximum absolute atomic E-state index is 12.8. The summed E-state index contributed by atoms with van der Waals surface area (Å²) < 4.78 is 33.1. The van der Waals surface area contributed by atoms with Gasteiger partial charge in [-0.25, -0.2) is 8.42 Å². The van der Waals surface area contributed by atoms with Crippen molar-refractivity contribution in [1.29, 1.82) is 0 Å². The van der Waals surface area contributed by atoms with Crippen LogP contribution in [-0.2, 0) is 21.2 Å². The number of aryl methyl sites for hydroxylation is 2. The van der Waals surface area contributed by atoms with Crippen LogP contribution in [0.25, 0.3) is 10.7 Å². The first-order chi connectivity index (χ1) is 12.8. The second-order valence-electron chi connectivity index (χ2n) is 5.76. The molecule has 0 aliphatic heterocycles. The lowest BCUT2D eigenvalue weighted by molar-refractivity contribution is -0.114. The first-order valence-corrected chi connectivity index (χ1v) is 10.4. The fraction of sp³-hybridized carbons (Fsp3) is 0.235. The van der Waals surface area contributed by atoms with Gasteiger partial charge in [-0.05, 0) is 37.3 Å². The number of nitrogens with one attached hydrogen (secondary N) is 2. The van der Waals surface area contributed by atoms with Crippen molar-refractivity contribution >= 4 is 38.6 Å². The van der Waals surface area contributed by atoms with Gasteiger partial charge < -0.3 is 9.84 Å². The van der Waals surface area contributed by atoms with Gasteiger partial charge in [-0.1, -0.05) is 12.1 Å². The molecule has 27 heavy (non-hydrogen) atoms. The Labute approximate surface area is 160 Å². The number of nitrogens with zero attached hydrogens (tertiary/aromatic N) is 2. The van der Waals surface area contributed by atoms with E-state index in [1.54, 1.807) is 31.2 Å². The van der Waals surface area contributed by atoms with Crippen molar-refractivity contribution in [3.8, 4) is 10.7 Å². The van der Waals surface area contributed by atoms with Gasteiger partial charge in [-0.3, -0.25) is 9.52 Å². The molecule has 0 saturated heterocycles. The summed E-state index contributed by atoms with van der Waals surface area (Å²) in [5.41, 5.74) is 0.979. The number of benzene rings is 1. The van der Waals surface area contributed by atoms with Crippen LogP contribution in [0.5, 0.6) is 0 Å². The Morgan fingerprint density at radius 1 is 1.22 bits per heavy atom. The third-order valence-corrected chi connectivity index (χ3v) is 6.29. The molecule has 2 aromatic heterocycles. The van der Waals surface area contributed by atoms with Gasteiger partial charge in [0.25, 0.3) is 10.0 Å². The Morgan fingerprint density at radius 2 is 1.89 bits per heavy atom. The van der Waals surface area contributed by atoms with E-state index in [1.165, 1.54) is 24.3 Å². The van der Waals surface area contributed by atoms with E-state index in [9.17, 15) is 13.2 Å². The lowest BCUT2D eigenvalue weighted by Gasteiger charge is -2.08. The second kappa shape index (κ2) is 7.49. The molecule has 2 heterocycles. The third kappa shape index (κ3) is 4.34. The Balaban J connectivity index is 1.83. The molecule has 0 aliphatic carbocycles. The number of hydrogen-bond donors (Lipinski definition) is 2. The third-order valence-electron chi connectivity index (χ3n) is 3.61. The zero-order chi connectivity index (χ0) is 19.6. The molecule has 0 radical (unpaired) electrons. The Bertz CT molecular complexity index is 1070. The standard InChI is InChI=1S/C17H18N4O4S2/c1-4-16-19-17(20-25-16)14-9-15(10(2)26-14)27(23,24)21-13-7-5-12(6-8-13)18-11(3)22/h5-9,21H,4H2,1-3H3,(H,18,22). The van der Waals surface area contributed by atoms with E-state index in [4.69, 9.17) is 4.52 Å². The number of amides is 1. The lowest BCUT2D eigenvalue weighted by atomic mass is 10.3. The topological polar surface area (TPSA) is 114 Å². The van der Waals surface area contributed by atoms with Gasteiger partial charge in [0.2, 0.25) is 17.6 Å². The van der Waals surface area contributed by atoms with Crippen LogP contribution in [0.2, 0.25) is 0 Å². The van der Waals surface area contributed by atoms with Crippen LogP contribution in [0.1, 0.15) is 24.6 Å². The molecule has 142 valence electrons. The number of thiophene rings is 1. The molecular weight excluding hydrogens is 388 g/mol. The molecule has 0 bridgehead atoms. The number of carbonyl (C=O) groups is 1. The Kier molecular flexibility index (Phi) is 5.29. The van der Waals surface area contributed by atoms with Gasteiger partial charge in [0.15, 0.2) is 0 Å². The molecule has 10 heteroatoms. The van der Waals surface area contributed by atoms with E-state index in [-0.39, 0.29) is 10.8 Å². The predicted octanol–water partition coefficient (Wildman–Crippen LogP) is 3.43. The molecule has 0 spiro atoms. The first kappa shape index (κ1) is 19.1. The number of anilines is 2. The highest BCUT2D eigenvalue weighted by Gasteiger charge is 2.22. The van der Waals surface area contributed by atoms with Gasteiger partial charge in [-0.15, -0.1) is 11.3 Å². The number of aromatic nitrogens is 2. The van der Waals surface area contributed by atoms with Crippen LogP contribution in [-0.4, -0.2) is 24.5 Å². The molecule has 3 rings (SSSR count). The minimum absolute atomic E-state index is 0.163. The van der Waals surface area contributed by atoms with Crippen LogP contribution in [0.15, 0.2) is 39.8 Å². The molecule has 1 amide bonds. The van der Waals surface area contributed by atoms with Gasteiger partial charge in [0.1, 0.15) is 4.90 Å². The fourth-order valence-electron chi connectivity index (χ4n) is 2.38. The van der Waals surface area contributed by atoms with Crippen molar-refractivity contribution in [2.24, 2.45) is 0 Å². The minimum atomic E-state index is -3.78. The maximum Gasteiger partial charge on any atom is 0.263 e. The highest BCUT2D eigenvalue weighted by Crippen LogP contribution is 2.33. The molecule has 0 fully saturated rings. The minimum Gasteiger partial charge on any atom is -0.339 e. The summed E-state index contributed by atoms with van der Waals surface area (Å²) in [6.45, 7) is 5.03. The highest BCUT2D eigenvalue weighted by molar-refractivity contribution is 7.93. The van der Waals surface area contributed by atoms with Crippen LogP contribution in [0, 0.1) is 6.92 Å². The molecule has 1 aromatic carbocycles. The highest BCUT2D eigenvalue weighted by atomic mass is 32.2. The average molecular weight is 406 g/mol. The summed E-state index contributed by atoms with van der Waals surface area (Å²) in [6.07, 6.45) is 0.610. The molecular formula is C17H18N4O4S2. The summed E-state index contributed by atoms with van der Waals surface area (Å²) in [5, 5.41) is 6.51. The number of carbonyl (C=O) groups excluding carboxylic acids is 1. The van der Waals surface area contributed by atoms with Crippen molar-refractivity contribution in [1.82, 2.24) is 10.1 Å². The summed E-state index contributed by atoms with van der Waals surface area (Å²) in [6, 6.07) is 7.95.